The van der Waals surface area contributed by atoms with Crippen molar-refractivity contribution in [3.05, 3.63) is 186 Å². The number of fused-ring (bicyclic) bond motifs is 9. The number of hydrogen-bond donors (Lipinski definition) is 1. The van der Waals surface area contributed by atoms with E-state index >= 15 is 0 Å². The van der Waals surface area contributed by atoms with E-state index in [0.717, 1.165) is 73.9 Å². The Morgan fingerprint density at radius 1 is 0.614 bits per heavy atom. The molecular formula is C51H34N4OS. The van der Waals surface area contributed by atoms with E-state index in [2.05, 4.69) is 155 Å². The van der Waals surface area contributed by atoms with Gasteiger partial charge < -0.3 is 14.3 Å². The van der Waals surface area contributed by atoms with Crippen molar-refractivity contribution in [2.24, 2.45) is 9.98 Å². The van der Waals surface area contributed by atoms with Gasteiger partial charge in [-0.2, -0.15) is 0 Å². The van der Waals surface area contributed by atoms with Gasteiger partial charge in [-0.3, -0.25) is 0 Å². The van der Waals surface area contributed by atoms with E-state index < -0.39 is 0 Å². The number of aliphatic imine (C=N–C) groups is 2. The Morgan fingerprint density at radius 3 is 2.14 bits per heavy atom. The summed E-state index contributed by atoms with van der Waals surface area (Å²) in [5.74, 6) is 1.54. The van der Waals surface area contributed by atoms with Crippen LogP contribution < -0.4 is 16.0 Å². The van der Waals surface area contributed by atoms with Crippen LogP contribution in [0.5, 0.6) is 0 Å². The molecule has 0 spiro atoms. The average molecular weight is 751 g/mol. The fourth-order valence-corrected chi connectivity index (χ4v) is 10.0. The number of nitrogens with one attached hydrogen (secondary N) is 1. The van der Waals surface area contributed by atoms with Gasteiger partial charge in [0.05, 0.1) is 16.7 Å². The number of para-hydroxylation sites is 2. The van der Waals surface area contributed by atoms with Gasteiger partial charge in [-0.1, -0.05) is 121 Å². The van der Waals surface area contributed by atoms with Crippen molar-refractivity contribution < 1.29 is 4.42 Å². The van der Waals surface area contributed by atoms with E-state index in [1.165, 1.54) is 47.7 Å². The normalized spacial score (nSPS) is 15.5. The van der Waals surface area contributed by atoms with Crippen LogP contribution in [-0.4, -0.2) is 16.2 Å². The van der Waals surface area contributed by atoms with Crippen LogP contribution in [0.15, 0.2) is 178 Å². The smallest absolute Gasteiger partial charge is 0.159 e. The molecule has 7 aromatic carbocycles. The zero-order valence-electron chi connectivity index (χ0n) is 30.8. The van der Waals surface area contributed by atoms with Gasteiger partial charge in [0, 0.05) is 52.7 Å². The average Bonchev–Trinajstić information content (AvgIpc) is 3.96. The zero-order chi connectivity index (χ0) is 37.5. The van der Waals surface area contributed by atoms with Crippen LogP contribution >= 0.6 is 11.3 Å². The number of thiophene rings is 1. The highest BCUT2D eigenvalue weighted by Gasteiger charge is 2.25. The number of furan rings is 1. The minimum Gasteiger partial charge on any atom is -0.456 e. The molecule has 1 atom stereocenters. The number of amidine groups is 2. The van der Waals surface area contributed by atoms with Gasteiger partial charge in [-0.05, 0) is 78.1 Å². The number of aromatic nitrogens is 1. The molecule has 6 heteroatoms. The maximum atomic E-state index is 6.86. The summed E-state index contributed by atoms with van der Waals surface area (Å²) in [6.45, 7) is 0. The molecule has 0 amide bonds. The van der Waals surface area contributed by atoms with E-state index in [1.54, 1.807) is 0 Å². The maximum absolute atomic E-state index is 6.86. The molecule has 2 aliphatic rings. The first kappa shape index (κ1) is 32.2. The van der Waals surface area contributed by atoms with Crippen molar-refractivity contribution in [3.63, 3.8) is 0 Å². The Hall–Kier alpha value is -7.02. The largest absolute Gasteiger partial charge is 0.456 e. The highest BCUT2D eigenvalue weighted by atomic mass is 32.1. The number of rotatable bonds is 5. The van der Waals surface area contributed by atoms with E-state index in [9.17, 15) is 0 Å². The van der Waals surface area contributed by atoms with Gasteiger partial charge in [-0.25, -0.2) is 9.98 Å². The summed E-state index contributed by atoms with van der Waals surface area (Å²) >= 11 is 1.86. The lowest BCUT2D eigenvalue weighted by atomic mass is 9.99. The monoisotopic (exact) mass is 750 g/mol. The molecule has 4 heterocycles. The van der Waals surface area contributed by atoms with Crippen LogP contribution in [-0.2, 0) is 0 Å². The van der Waals surface area contributed by atoms with Crippen molar-refractivity contribution in [2.75, 3.05) is 0 Å². The first-order chi connectivity index (χ1) is 28.2. The molecule has 270 valence electrons. The van der Waals surface area contributed by atoms with Crippen LogP contribution in [0, 0.1) is 0 Å². The number of nitrogens with zero attached hydrogens (tertiary/aromatic N) is 3. The lowest BCUT2D eigenvalue weighted by Crippen LogP contribution is -2.39. The van der Waals surface area contributed by atoms with Gasteiger partial charge in [0.15, 0.2) is 5.84 Å². The highest BCUT2D eigenvalue weighted by Crippen LogP contribution is 2.42. The predicted octanol–water partition coefficient (Wildman–Crippen LogP) is 11.4. The maximum Gasteiger partial charge on any atom is 0.159 e. The predicted molar refractivity (Wildman–Crippen MR) is 238 cm³/mol. The molecule has 1 N–H and O–H groups in total. The van der Waals surface area contributed by atoms with Crippen molar-refractivity contribution >= 4 is 87.6 Å². The molecule has 57 heavy (non-hydrogen) atoms. The van der Waals surface area contributed by atoms with Gasteiger partial charge in [0.1, 0.15) is 23.0 Å². The third-order valence-electron chi connectivity index (χ3n) is 11.5. The topological polar surface area (TPSA) is 54.8 Å². The Kier molecular flexibility index (Phi) is 7.22. The summed E-state index contributed by atoms with van der Waals surface area (Å²) in [6.07, 6.45) is 3.79. The van der Waals surface area contributed by atoms with E-state index in [1.807, 2.05) is 35.6 Å². The molecule has 0 bridgehead atoms. The SMILES string of the molecule is C1=c2c(oc3cc(-c4ccc5sc6cccc(-n7c8ccccc8c8ccccc87)c6c5c4)ccc23)=C(C2=NC(c3ccccc3)=NC(c3ccccc3)N2)CC1. The van der Waals surface area contributed by atoms with E-state index in [-0.39, 0.29) is 6.17 Å². The van der Waals surface area contributed by atoms with Crippen molar-refractivity contribution in [1.29, 1.82) is 0 Å². The minimum absolute atomic E-state index is 0.259. The Balaban J connectivity index is 0.996. The van der Waals surface area contributed by atoms with Gasteiger partial charge >= 0.3 is 0 Å². The van der Waals surface area contributed by atoms with Crippen molar-refractivity contribution in [1.82, 2.24) is 9.88 Å². The summed E-state index contributed by atoms with van der Waals surface area (Å²) in [5.41, 5.74) is 10.9. The highest BCUT2D eigenvalue weighted by molar-refractivity contribution is 7.25. The second kappa shape index (κ2) is 12.8. The first-order valence-corrected chi connectivity index (χ1v) is 20.3. The van der Waals surface area contributed by atoms with Gasteiger partial charge in [0.25, 0.3) is 0 Å². The van der Waals surface area contributed by atoms with Crippen molar-refractivity contribution in [2.45, 2.75) is 19.0 Å². The summed E-state index contributed by atoms with van der Waals surface area (Å²) in [7, 11) is 0. The minimum atomic E-state index is -0.259. The Bertz CT molecular complexity index is 3390. The lowest BCUT2D eigenvalue weighted by molar-refractivity contribution is 0.568. The quantitative estimate of drug-likeness (QED) is 0.190. The number of benzene rings is 7. The van der Waals surface area contributed by atoms with Crippen LogP contribution in [0.2, 0.25) is 0 Å². The van der Waals surface area contributed by atoms with Crippen LogP contribution in [0.1, 0.15) is 30.1 Å². The van der Waals surface area contributed by atoms with Gasteiger partial charge in [-0.15, -0.1) is 11.3 Å². The lowest BCUT2D eigenvalue weighted by Gasteiger charge is -2.25. The molecule has 0 saturated heterocycles. The second-order valence-corrected chi connectivity index (χ2v) is 15.9. The summed E-state index contributed by atoms with van der Waals surface area (Å²) in [6, 6.07) is 58.4. The van der Waals surface area contributed by atoms with E-state index in [0.29, 0.717) is 0 Å². The van der Waals surface area contributed by atoms with E-state index in [4.69, 9.17) is 14.4 Å². The zero-order valence-corrected chi connectivity index (χ0v) is 31.6. The Labute approximate surface area is 331 Å². The van der Waals surface area contributed by atoms with Crippen LogP contribution in [0.4, 0.5) is 0 Å². The van der Waals surface area contributed by atoms with Crippen LogP contribution in [0.25, 0.3) is 81.4 Å². The van der Waals surface area contributed by atoms with Crippen molar-refractivity contribution in [3.8, 4) is 16.8 Å². The third kappa shape index (κ3) is 5.14. The molecule has 1 unspecified atom stereocenters. The summed E-state index contributed by atoms with van der Waals surface area (Å²) in [5, 5.41) is 11.0. The van der Waals surface area contributed by atoms with Gasteiger partial charge in [0.2, 0.25) is 0 Å². The second-order valence-electron chi connectivity index (χ2n) is 14.8. The number of hydrogen-bond acceptors (Lipinski definition) is 5. The molecule has 10 aromatic rings. The molecule has 0 fully saturated rings. The molecule has 1 aliphatic carbocycles. The van der Waals surface area contributed by atoms with Crippen LogP contribution in [0.3, 0.4) is 0 Å². The standard InChI is InChI=1S/C51H34N4OS/c1-3-13-31(14-4-1)49-52-50(32-15-5-2-6-16-32)54-51(53-49)39-20-11-19-38-37-27-25-34(30-44(37)56-48(38)39)33-26-28-45-40(29-33)47-43(23-12-24-46(47)57-45)55-41-21-9-7-17-35(41)36-18-8-10-22-42(36)55/h1-10,12-19,21-30,49H,11,20H2,(H,52,53,54). The third-order valence-corrected chi connectivity index (χ3v) is 12.7. The Morgan fingerprint density at radius 2 is 1.33 bits per heavy atom. The molecule has 0 radical (unpaired) electrons. The molecule has 1 aliphatic heterocycles. The fourth-order valence-electron chi connectivity index (χ4n) is 8.90. The molecule has 5 nitrogen and oxygen atoms in total. The molecule has 12 rings (SSSR count). The fraction of sp³-hybridized carbons (Fsp3) is 0.0588. The molecule has 0 saturated carbocycles. The summed E-state index contributed by atoms with van der Waals surface area (Å²) in [4.78, 5) is 10.2. The summed E-state index contributed by atoms with van der Waals surface area (Å²) < 4.78 is 11.9. The molecular weight excluding hydrogens is 717 g/mol. The molecule has 3 aromatic heterocycles. The first-order valence-electron chi connectivity index (χ1n) is 19.5.